The number of hydrogen-bond donors (Lipinski definition) is 1. The molecule has 0 aromatic heterocycles. The fourth-order valence-corrected chi connectivity index (χ4v) is 5.40. The van der Waals surface area contributed by atoms with Gasteiger partial charge in [0.05, 0.1) is 10.6 Å². The molecule has 1 atom stereocenters. The topological polar surface area (TPSA) is 86.8 Å². The molecule has 0 aliphatic carbocycles. The predicted octanol–water partition coefficient (Wildman–Crippen LogP) is 5.44. The number of rotatable bonds is 11. The van der Waals surface area contributed by atoms with E-state index in [0.29, 0.717) is 22.3 Å². The van der Waals surface area contributed by atoms with Crippen molar-refractivity contribution in [3.63, 3.8) is 0 Å². The lowest BCUT2D eigenvalue weighted by molar-refractivity contribution is -0.139. The maximum absolute atomic E-state index is 13.8. The zero-order valence-corrected chi connectivity index (χ0v) is 23.9. The van der Waals surface area contributed by atoms with E-state index in [1.54, 1.807) is 55.5 Å². The Hall–Kier alpha value is -3.07. The number of amides is 2. The van der Waals surface area contributed by atoms with Crippen LogP contribution in [0.3, 0.4) is 0 Å². The minimum Gasteiger partial charge on any atom is -0.354 e. The summed E-state index contributed by atoms with van der Waals surface area (Å²) in [5.74, 6) is -0.853. The summed E-state index contributed by atoms with van der Waals surface area (Å²) in [5, 5.41) is 3.75. The van der Waals surface area contributed by atoms with Crippen LogP contribution >= 0.6 is 23.2 Å². The zero-order valence-electron chi connectivity index (χ0n) is 21.5. The third-order valence-electron chi connectivity index (χ3n) is 5.99. The Morgan fingerprint density at radius 2 is 1.45 bits per heavy atom. The highest BCUT2D eigenvalue weighted by atomic mass is 35.5. The third kappa shape index (κ3) is 7.49. The van der Waals surface area contributed by atoms with Crippen molar-refractivity contribution in [1.29, 1.82) is 0 Å². The van der Waals surface area contributed by atoms with Gasteiger partial charge in [-0.2, -0.15) is 0 Å². The van der Waals surface area contributed by atoms with Crippen LogP contribution in [0.4, 0.5) is 5.69 Å². The number of nitrogens with zero attached hydrogens (tertiary/aromatic N) is 2. The van der Waals surface area contributed by atoms with Gasteiger partial charge >= 0.3 is 0 Å². The fraction of sp³-hybridized carbons (Fsp3) is 0.286. The van der Waals surface area contributed by atoms with Gasteiger partial charge in [0.25, 0.3) is 10.0 Å². The van der Waals surface area contributed by atoms with E-state index >= 15 is 0 Å². The van der Waals surface area contributed by atoms with E-state index in [1.807, 2.05) is 13.8 Å². The average molecular weight is 577 g/mol. The smallest absolute Gasteiger partial charge is 0.264 e. The highest BCUT2D eigenvalue weighted by Gasteiger charge is 2.32. The molecule has 0 aliphatic rings. The van der Waals surface area contributed by atoms with Crippen molar-refractivity contribution >= 4 is 50.7 Å². The fourth-order valence-electron chi connectivity index (χ4n) is 3.74. The SMILES string of the molecule is CCCNC(=O)[C@@H](C)N(Cc1ccc(Cl)cc1)C(=O)CN(c1ccc(C)cc1)S(=O)(=O)c1ccc(Cl)cc1. The van der Waals surface area contributed by atoms with E-state index in [9.17, 15) is 18.0 Å². The molecule has 0 spiro atoms. The van der Waals surface area contributed by atoms with Crippen LogP contribution in [0, 0.1) is 6.92 Å². The Bertz CT molecular complexity index is 1350. The number of nitrogens with one attached hydrogen (secondary N) is 1. The number of benzene rings is 3. The lowest BCUT2D eigenvalue weighted by Crippen LogP contribution is -2.51. The number of aryl methyl sites for hydroxylation is 1. The van der Waals surface area contributed by atoms with Gasteiger partial charge in [-0.1, -0.05) is 60.0 Å². The summed E-state index contributed by atoms with van der Waals surface area (Å²) in [6, 6.07) is 18.7. The number of anilines is 1. The van der Waals surface area contributed by atoms with Crippen LogP contribution in [0.15, 0.2) is 77.7 Å². The minimum absolute atomic E-state index is 0.00624. The van der Waals surface area contributed by atoms with E-state index in [0.717, 1.165) is 21.9 Å². The van der Waals surface area contributed by atoms with Crippen molar-refractivity contribution in [2.75, 3.05) is 17.4 Å². The molecular formula is C28H31Cl2N3O4S. The number of halogens is 2. The van der Waals surface area contributed by atoms with Gasteiger partial charge in [0.15, 0.2) is 0 Å². The predicted molar refractivity (Wildman–Crippen MR) is 152 cm³/mol. The van der Waals surface area contributed by atoms with Gasteiger partial charge in [-0.25, -0.2) is 8.42 Å². The monoisotopic (exact) mass is 575 g/mol. The van der Waals surface area contributed by atoms with Crippen LogP contribution in [-0.4, -0.2) is 44.3 Å². The number of hydrogen-bond acceptors (Lipinski definition) is 4. The lowest BCUT2D eigenvalue weighted by atomic mass is 10.1. The Labute approximate surface area is 234 Å². The van der Waals surface area contributed by atoms with Crippen LogP contribution in [0.25, 0.3) is 0 Å². The van der Waals surface area contributed by atoms with Gasteiger partial charge < -0.3 is 10.2 Å². The molecular weight excluding hydrogens is 545 g/mol. The quantitative estimate of drug-likeness (QED) is 0.330. The van der Waals surface area contributed by atoms with E-state index in [2.05, 4.69) is 5.32 Å². The van der Waals surface area contributed by atoms with Gasteiger partial charge in [-0.15, -0.1) is 0 Å². The first-order valence-electron chi connectivity index (χ1n) is 12.2. The van der Waals surface area contributed by atoms with E-state index in [-0.39, 0.29) is 17.3 Å². The third-order valence-corrected chi connectivity index (χ3v) is 8.28. The van der Waals surface area contributed by atoms with Crippen LogP contribution in [0.1, 0.15) is 31.4 Å². The second kappa shape index (κ2) is 13.1. The zero-order chi connectivity index (χ0) is 27.9. The second-order valence-electron chi connectivity index (χ2n) is 8.92. The van der Waals surface area contributed by atoms with Gasteiger partial charge in [-0.05, 0) is 74.4 Å². The van der Waals surface area contributed by atoms with E-state index in [1.165, 1.54) is 29.2 Å². The summed E-state index contributed by atoms with van der Waals surface area (Å²) >= 11 is 12.0. The molecule has 3 rings (SSSR count). The number of sulfonamides is 1. The Kier molecular flexibility index (Phi) is 10.2. The molecule has 10 heteroatoms. The number of carbonyl (C=O) groups is 2. The summed E-state index contributed by atoms with van der Waals surface area (Å²) in [6.45, 7) is 5.50. The molecule has 0 saturated carbocycles. The van der Waals surface area contributed by atoms with Crippen LogP contribution in [0.5, 0.6) is 0 Å². The minimum atomic E-state index is -4.14. The maximum Gasteiger partial charge on any atom is 0.264 e. The van der Waals surface area contributed by atoms with Gasteiger partial charge in [0.1, 0.15) is 12.6 Å². The molecule has 38 heavy (non-hydrogen) atoms. The van der Waals surface area contributed by atoms with Gasteiger partial charge in [0.2, 0.25) is 11.8 Å². The highest BCUT2D eigenvalue weighted by Crippen LogP contribution is 2.26. The summed E-state index contributed by atoms with van der Waals surface area (Å²) in [5.41, 5.74) is 2.02. The van der Waals surface area contributed by atoms with Crippen LogP contribution in [-0.2, 0) is 26.2 Å². The molecule has 3 aromatic rings. The molecule has 7 nitrogen and oxygen atoms in total. The molecule has 202 valence electrons. The highest BCUT2D eigenvalue weighted by molar-refractivity contribution is 7.92. The van der Waals surface area contributed by atoms with Crippen molar-refractivity contribution in [3.05, 3.63) is 94.0 Å². The molecule has 0 heterocycles. The number of carbonyl (C=O) groups excluding carboxylic acids is 2. The molecule has 0 bridgehead atoms. The summed E-state index contributed by atoms with van der Waals surface area (Å²) in [6.07, 6.45) is 0.740. The average Bonchev–Trinajstić information content (AvgIpc) is 2.90. The Morgan fingerprint density at radius 3 is 2.00 bits per heavy atom. The first kappa shape index (κ1) is 29.5. The van der Waals surface area contributed by atoms with Gasteiger partial charge in [0, 0.05) is 23.1 Å². The summed E-state index contributed by atoms with van der Waals surface area (Å²) in [7, 11) is -4.14. The van der Waals surface area contributed by atoms with Crippen molar-refractivity contribution < 1.29 is 18.0 Å². The van der Waals surface area contributed by atoms with Crippen molar-refractivity contribution in [3.8, 4) is 0 Å². The molecule has 0 aliphatic heterocycles. The first-order chi connectivity index (χ1) is 18.0. The van der Waals surface area contributed by atoms with E-state index < -0.39 is 28.5 Å². The maximum atomic E-state index is 13.8. The van der Waals surface area contributed by atoms with E-state index in [4.69, 9.17) is 23.2 Å². The molecule has 1 N–H and O–H groups in total. The van der Waals surface area contributed by atoms with Crippen LogP contribution in [0.2, 0.25) is 10.0 Å². The standard InChI is InChI=1S/C28H31Cl2N3O4S/c1-4-17-31-28(35)21(3)32(18-22-7-9-23(29)10-8-22)27(34)19-33(25-13-5-20(2)6-14-25)38(36,37)26-15-11-24(30)12-16-26/h5-16,21H,4,17-19H2,1-3H3,(H,31,35)/t21-/m1/s1. The first-order valence-corrected chi connectivity index (χ1v) is 14.4. The van der Waals surface area contributed by atoms with Crippen molar-refractivity contribution in [2.24, 2.45) is 0 Å². The second-order valence-corrected chi connectivity index (χ2v) is 11.7. The normalized spacial score (nSPS) is 12.0. The largest absolute Gasteiger partial charge is 0.354 e. The van der Waals surface area contributed by atoms with Crippen molar-refractivity contribution in [1.82, 2.24) is 10.2 Å². The molecule has 0 fully saturated rings. The van der Waals surface area contributed by atoms with Crippen molar-refractivity contribution in [2.45, 2.75) is 44.7 Å². The molecule has 2 amide bonds. The molecule has 0 saturated heterocycles. The van der Waals surface area contributed by atoms with Gasteiger partial charge in [-0.3, -0.25) is 13.9 Å². The summed E-state index contributed by atoms with van der Waals surface area (Å²) < 4.78 is 28.6. The molecule has 0 radical (unpaired) electrons. The molecule has 0 unspecified atom stereocenters. The molecule has 3 aromatic carbocycles. The Balaban J connectivity index is 2.00. The summed E-state index contributed by atoms with van der Waals surface area (Å²) in [4.78, 5) is 28.1. The van der Waals surface area contributed by atoms with Crippen LogP contribution < -0.4 is 9.62 Å². The Morgan fingerprint density at radius 1 is 0.895 bits per heavy atom. The lowest BCUT2D eigenvalue weighted by Gasteiger charge is -2.32.